The first kappa shape index (κ1) is 12.8. The molecule has 1 aromatic carbocycles. The molecule has 94 valence electrons. The lowest BCUT2D eigenvalue weighted by Crippen LogP contribution is -1.97. The molecule has 0 aliphatic heterocycles. The highest BCUT2D eigenvalue weighted by molar-refractivity contribution is 9.10. The van der Waals surface area contributed by atoms with Crippen LogP contribution in [0.1, 0.15) is 5.56 Å². The van der Waals surface area contributed by atoms with Crippen LogP contribution in [-0.2, 0) is 0 Å². The zero-order valence-corrected chi connectivity index (χ0v) is 11.7. The third-order valence-corrected chi connectivity index (χ3v) is 3.17. The first-order valence-electron chi connectivity index (χ1n) is 5.46. The summed E-state index contributed by atoms with van der Waals surface area (Å²) in [5.74, 6) is 0.473. The minimum atomic E-state index is -0.286. The summed E-state index contributed by atoms with van der Waals surface area (Å²) in [5.41, 5.74) is 2.56. The molecule has 0 aliphatic rings. The Morgan fingerprint density at radius 1 is 1.28 bits per heavy atom. The molecule has 5 heteroatoms. The third-order valence-electron chi connectivity index (χ3n) is 2.56. The molecule has 3 nitrogen and oxygen atoms in total. The van der Waals surface area contributed by atoms with Gasteiger partial charge in [-0.3, -0.25) is 0 Å². The molecule has 0 aliphatic carbocycles. The van der Waals surface area contributed by atoms with E-state index < -0.39 is 0 Å². The molecule has 0 fully saturated rings. The van der Waals surface area contributed by atoms with Crippen LogP contribution in [0, 0.1) is 12.7 Å². The monoisotopic (exact) mass is 309 g/mol. The van der Waals surface area contributed by atoms with Gasteiger partial charge < -0.3 is 10.6 Å². The van der Waals surface area contributed by atoms with E-state index in [1.54, 1.807) is 19.3 Å². The molecule has 0 saturated carbocycles. The number of nitrogens with one attached hydrogen (secondary N) is 2. The summed E-state index contributed by atoms with van der Waals surface area (Å²) in [7, 11) is 1.80. The van der Waals surface area contributed by atoms with Crippen molar-refractivity contribution in [2.75, 3.05) is 17.7 Å². The number of anilines is 3. The van der Waals surface area contributed by atoms with Crippen LogP contribution in [0.25, 0.3) is 0 Å². The Hall–Kier alpha value is -1.62. The number of pyridine rings is 1. The van der Waals surface area contributed by atoms with Crippen molar-refractivity contribution in [1.29, 1.82) is 0 Å². The lowest BCUT2D eigenvalue weighted by atomic mass is 10.2. The Morgan fingerprint density at radius 3 is 2.78 bits per heavy atom. The maximum atomic E-state index is 13.5. The molecule has 0 spiro atoms. The number of hydrogen-bond donors (Lipinski definition) is 2. The van der Waals surface area contributed by atoms with Crippen LogP contribution in [0.15, 0.2) is 34.9 Å². The van der Waals surface area contributed by atoms with Gasteiger partial charge in [-0.05, 0) is 46.6 Å². The van der Waals surface area contributed by atoms with E-state index in [2.05, 4.69) is 31.5 Å². The maximum Gasteiger partial charge on any atom is 0.139 e. The number of rotatable bonds is 3. The van der Waals surface area contributed by atoms with Crippen LogP contribution >= 0.6 is 15.9 Å². The molecule has 0 bridgehead atoms. The van der Waals surface area contributed by atoms with E-state index in [0.29, 0.717) is 4.47 Å². The number of benzene rings is 1. The summed E-state index contributed by atoms with van der Waals surface area (Å²) >= 11 is 3.17. The molecule has 2 N–H and O–H groups in total. The van der Waals surface area contributed by atoms with Crippen LogP contribution in [0.4, 0.5) is 21.6 Å². The highest BCUT2D eigenvalue weighted by Gasteiger charge is 2.06. The molecular weight excluding hydrogens is 297 g/mol. The Kier molecular flexibility index (Phi) is 3.81. The predicted octanol–water partition coefficient (Wildman–Crippen LogP) is 4.08. The molecule has 2 rings (SSSR count). The Labute approximate surface area is 114 Å². The van der Waals surface area contributed by atoms with Gasteiger partial charge in [0.15, 0.2) is 0 Å². The van der Waals surface area contributed by atoms with Gasteiger partial charge in [0, 0.05) is 30.7 Å². The van der Waals surface area contributed by atoms with E-state index in [1.165, 1.54) is 6.07 Å². The van der Waals surface area contributed by atoms with Gasteiger partial charge in [-0.1, -0.05) is 0 Å². The second-order valence-electron chi connectivity index (χ2n) is 3.89. The van der Waals surface area contributed by atoms with E-state index in [4.69, 9.17) is 0 Å². The number of aryl methyl sites for hydroxylation is 1. The van der Waals surface area contributed by atoms with E-state index in [-0.39, 0.29) is 5.82 Å². The smallest absolute Gasteiger partial charge is 0.139 e. The van der Waals surface area contributed by atoms with Crippen molar-refractivity contribution in [2.24, 2.45) is 0 Å². The summed E-state index contributed by atoms with van der Waals surface area (Å²) in [5, 5.41) is 6.13. The molecule has 18 heavy (non-hydrogen) atoms. The predicted molar refractivity (Wildman–Crippen MR) is 75.9 cm³/mol. The van der Waals surface area contributed by atoms with E-state index >= 15 is 0 Å². The Morgan fingerprint density at radius 2 is 2.06 bits per heavy atom. The van der Waals surface area contributed by atoms with Gasteiger partial charge in [0.05, 0.1) is 4.47 Å². The van der Waals surface area contributed by atoms with Gasteiger partial charge in [-0.2, -0.15) is 0 Å². The van der Waals surface area contributed by atoms with E-state index in [0.717, 1.165) is 22.8 Å². The van der Waals surface area contributed by atoms with Gasteiger partial charge in [0.25, 0.3) is 0 Å². The van der Waals surface area contributed by atoms with Gasteiger partial charge >= 0.3 is 0 Å². The number of nitrogens with zero attached hydrogens (tertiary/aromatic N) is 1. The largest absolute Gasteiger partial charge is 0.373 e. The topological polar surface area (TPSA) is 37.0 Å². The number of hydrogen-bond acceptors (Lipinski definition) is 3. The van der Waals surface area contributed by atoms with Crippen LogP contribution < -0.4 is 10.6 Å². The zero-order chi connectivity index (χ0) is 13.1. The van der Waals surface area contributed by atoms with Crippen LogP contribution in [0.5, 0.6) is 0 Å². The van der Waals surface area contributed by atoms with Crippen LogP contribution in [-0.4, -0.2) is 12.0 Å². The zero-order valence-electron chi connectivity index (χ0n) is 10.1. The van der Waals surface area contributed by atoms with Gasteiger partial charge in [-0.25, -0.2) is 9.37 Å². The normalized spacial score (nSPS) is 10.2. The van der Waals surface area contributed by atoms with Crippen molar-refractivity contribution in [1.82, 2.24) is 4.98 Å². The van der Waals surface area contributed by atoms with Crippen molar-refractivity contribution in [3.05, 3.63) is 46.3 Å². The number of aromatic nitrogens is 1. The number of halogens is 2. The molecule has 1 aromatic heterocycles. The minimum Gasteiger partial charge on any atom is -0.373 e. The molecule has 0 saturated heterocycles. The molecule has 0 unspecified atom stereocenters. The molecule has 0 atom stereocenters. The SMILES string of the molecule is CNc1cc(Nc2cc(F)c(Br)cc2C)ccn1. The van der Waals surface area contributed by atoms with E-state index in [1.807, 2.05) is 19.1 Å². The fourth-order valence-electron chi connectivity index (χ4n) is 1.58. The lowest BCUT2D eigenvalue weighted by molar-refractivity contribution is 0.621. The molecule has 0 radical (unpaired) electrons. The van der Waals surface area contributed by atoms with Crippen molar-refractivity contribution >= 4 is 33.1 Å². The molecule has 1 heterocycles. The standard InChI is InChI=1S/C13H13BrFN3/c1-8-5-10(14)11(15)7-12(8)18-9-3-4-17-13(6-9)16-2/h3-7H,1-2H3,(H2,16,17,18). The van der Waals surface area contributed by atoms with Crippen molar-refractivity contribution in [3.8, 4) is 0 Å². The highest BCUT2D eigenvalue weighted by atomic mass is 79.9. The second-order valence-corrected chi connectivity index (χ2v) is 4.74. The molecule has 0 amide bonds. The average molecular weight is 310 g/mol. The third kappa shape index (κ3) is 2.79. The first-order valence-corrected chi connectivity index (χ1v) is 6.26. The lowest BCUT2D eigenvalue weighted by Gasteiger charge is -2.11. The van der Waals surface area contributed by atoms with Crippen molar-refractivity contribution in [3.63, 3.8) is 0 Å². The van der Waals surface area contributed by atoms with Gasteiger partial charge in [-0.15, -0.1) is 0 Å². The van der Waals surface area contributed by atoms with Crippen molar-refractivity contribution < 1.29 is 4.39 Å². The summed E-state index contributed by atoms with van der Waals surface area (Å²) in [6.07, 6.45) is 1.69. The Balaban J connectivity index is 2.30. The average Bonchev–Trinajstić information content (AvgIpc) is 2.36. The van der Waals surface area contributed by atoms with E-state index in [9.17, 15) is 4.39 Å². The summed E-state index contributed by atoms with van der Waals surface area (Å²) in [4.78, 5) is 4.12. The fraction of sp³-hybridized carbons (Fsp3) is 0.154. The second kappa shape index (κ2) is 5.35. The molecule has 2 aromatic rings. The van der Waals surface area contributed by atoms with Crippen LogP contribution in [0.3, 0.4) is 0 Å². The van der Waals surface area contributed by atoms with Crippen LogP contribution in [0.2, 0.25) is 0 Å². The molecular formula is C13H13BrFN3. The quantitative estimate of drug-likeness (QED) is 0.897. The summed E-state index contributed by atoms with van der Waals surface area (Å²) < 4.78 is 14.0. The first-order chi connectivity index (χ1) is 8.60. The minimum absolute atomic E-state index is 0.286. The maximum absolute atomic E-state index is 13.5. The summed E-state index contributed by atoms with van der Waals surface area (Å²) in [6, 6.07) is 6.91. The summed E-state index contributed by atoms with van der Waals surface area (Å²) in [6.45, 7) is 1.92. The fourth-order valence-corrected chi connectivity index (χ4v) is 2.04. The van der Waals surface area contributed by atoms with Crippen molar-refractivity contribution in [2.45, 2.75) is 6.92 Å². The van der Waals surface area contributed by atoms with Gasteiger partial charge in [0.1, 0.15) is 11.6 Å². The Bertz CT molecular complexity index is 572. The highest BCUT2D eigenvalue weighted by Crippen LogP contribution is 2.27. The van der Waals surface area contributed by atoms with Gasteiger partial charge in [0.2, 0.25) is 0 Å².